The monoisotopic (exact) mass is 478 g/mol. The fourth-order valence-corrected chi connectivity index (χ4v) is 5.43. The van der Waals surface area contributed by atoms with Gasteiger partial charge in [0.05, 0.1) is 5.92 Å². The van der Waals surface area contributed by atoms with Gasteiger partial charge in [-0.25, -0.2) is 4.79 Å². The third-order valence-corrected chi connectivity index (χ3v) is 7.24. The Balaban J connectivity index is 1.38. The first-order valence-electron chi connectivity index (χ1n) is 12.5. The molecule has 0 aliphatic heterocycles. The predicted octanol–water partition coefficient (Wildman–Crippen LogP) is 4.80. The number of aliphatic carboxylic acids is 1. The van der Waals surface area contributed by atoms with Crippen molar-refractivity contribution in [2.24, 2.45) is 5.92 Å². The minimum atomic E-state index is -0.866. The largest absolute Gasteiger partial charge is 0.481 e. The van der Waals surface area contributed by atoms with Gasteiger partial charge >= 0.3 is 12.1 Å². The number of ether oxygens (including phenoxy) is 1. The van der Waals surface area contributed by atoms with E-state index in [9.17, 15) is 14.4 Å². The number of hydrogen-bond acceptors (Lipinski definition) is 4. The van der Waals surface area contributed by atoms with E-state index in [1.807, 2.05) is 24.3 Å². The molecule has 2 aliphatic carbocycles. The van der Waals surface area contributed by atoms with Gasteiger partial charge in [0, 0.05) is 32.0 Å². The van der Waals surface area contributed by atoms with Gasteiger partial charge in [0.2, 0.25) is 5.91 Å². The van der Waals surface area contributed by atoms with Crippen LogP contribution in [0.3, 0.4) is 0 Å². The summed E-state index contributed by atoms with van der Waals surface area (Å²) in [7, 11) is 1.71. The first kappa shape index (κ1) is 24.8. The van der Waals surface area contributed by atoms with Crippen molar-refractivity contribution in [1.29, 1.82) is 0 Å². The summed E-state index contributed by atoms with van der Waals surface area (Å²) in [6, 6.07) is 16.1. The highest BCUT2D eigenvalue weighted by molar-refractivity contribution is 5.81. The van der Waals surface area contributed by atoms with Crippen LogP contribution in [0.2, 0.25) is 0 Å². The maximum Gasteiger partial charge on any atom is 0.407 e. The van der Waals surface area contributed by atoms with Crippen molar-refractivity contribution in [2.45, 2.75) is 56.9 Å². The second-order valence-electron chi connectivity index (χ2n) is 9.58. The standard InChI is InChI=1S/C28H34N2O5/c1-30(17-9-16-26(31)32)27(33)23-14-3-2-4-15-25(23)29-28(34)35-18-24-21-12-7-5-10-19(21)20-11-6-8-13-22(20)24/h5-8,10-13,23-25H,2-4,9,14-18H2,1H3,(H,29,34)(H,31,32)/t23-,25+/m0/s1. The van der Waals surface area contributed by atoms with E-state index in [1.54, 1.807) is 11.9 Å². The van der Waals surface area contributed by atoms with Crippen molar-refractivity contribution in [3.05, 3.63) is 59.7 Å². The highest BCUT2D eigenvalue weighted by atomic mass is 16.5. The van der Waals surface area contributed by atoms with Crippen LogP contribution in [0.1, 0.15) is 62.0 Å². The van der Waals surface area contributed by atoms with Crippen molar-refractivity contribution in [1.82, 2.24) is 10.2 Å². The number of carbonyl (C=O) groups excluding carboxylic acids is 2. The van der Waals surface area contributed by atoms with Gasteiger partial charge in [-0.05, 0) is 41.5 Å². The maximum absolute atomic E-state index is 13.1. The zero-order chi connectivity index (χ0) is 24.8. The van der Waals surface area contributed by atoms with Crippen LogP contribution in [-0.2, 0) is 14.3 Å². The molecule has 7 heteroatoms. The van der Waals surface area contributed by atoms with Crippen LogP contribution in [0.4, 0.5) is 4.79 Å². The molecule has 1 saturated carbocycles. The molecule has 0 heterocycles. The van der Waals surface area contributed by atoms with Gasteiger partial charge in [-0.2, -0.15) is 0 Å². The zero-order valence-electron chi connectivity index (χ0n) is 20.2. The van der Waals surface area contributed by atoms with Crippen molar-refractivity contribution < 1.29 is 24.2 Å². The third-order valence-electron chi connectivity index (χ3n) is 7.24. The third kappa shape index (κ3) is 5.84. The second-order valence-corrected chi connectivity index (χ2v) is 9.58. The molecule has 2 amide bonds. The molecule has 0 aromatic heterocycles. The lowest BCUT2D eigenvalue weighted by Gasteiger charge is -2.29. The average Bonchev–Trinajstić information content (AvgIpc) is 2.98. The Hall–Kier alpha value is -3.35. The molecule has 2 aliphatic rings. The fourth-order valence-electron chi connectivity index (χ4n) is 5.43. The lowest BCUT2D eigenvalue weighted by molar-refractivity contribution is -0.139. The van der Waals surface area contributed by atoms with Gasteiger partial charge in [-0.15, -0.1) is 0 Å². The fraction of sp³-hybridized carbons (Fsp3) is 0.464. The molecule has 1 fully saturated rings. The molecule has 0 bridgehead atoms. The van der Waals surface area contributed by atoms with Crippen LogP contribution >= 0.6 is 0 Å². The van der Waals surface area contributed by atoms with Gasteiger partial charge in [0.25, 0.3) is 0 Å². The van der Waals surface area contributed by atoms with Crippen molar-refractivity contribution in [3.63, 3.8) is 0 Å². The topological polar surface area (TPSA) is 95.9 Å². The number of rotatable bonds is 8. The summed E-state index contributed by atoms with van der Waals surface area (Å²) in [5, 5.41) is 11.9. The zero-order valence-corrected chi connectivity index (χ0v) is 20.2. The molecule has 0 unspecified atom stereocenters. The smallest absolute Gasteiger partial charge is 0.407 e. The van der Waals surface area contributed by atoms with E-state index in [4.69, 9.17) is 9.84 Å². The van der Waals surface area contributed by atoms with E-state index in [2.05, 4.69) is 29.6 Å². The van der Waals surface area contributed by atoms with Crippen molar-refractivity contribution in [2.75, 3.05) is 20.2 Å². The number of nitrogens with zero attached hydrogens (tertiary/aromatic N) is 1. The van der Waals surface area contributed by atoms with E-state index < -0.39 is 12.1 Å². The summed E-state index contributed by atoms with van der Waals surface area (Å²) in [4.78, 5) is 38.4. The second kappa shape index (κ2) is 11.4. The maximum atomic E-state index is 13.1. The average molecular weight is 479 g/mol. The number of hydrogen-bond donors (Lipinski definition) is 2. The number of nitrogens with one attached hydrogen (secondary N) is 1. The molecule has 7 nitrogen and oxygen atoms in total. The lowest BCUT2D eigenvalue weighted by atomic mass is 9.93. The Bertz CT molecular complexity index is 1020. The van der Waals surface area contributed by atoms with Crippen LogP contribution in [0, 0.1) is 5.92 Å². The normalized spacial score (nSPS) is 19.2. The summed E-state index contributed by atoms with van der Waals surface area (Å²) in [5.74, 6) is -1.25. The van der Waals surface area contributed by atoms with Gasteiger partial charge in [0.15, 0.2) is 0 Å². The molecule has 2 atom stereocenters. The molecule has 186 valence electrons. The molecule has 2 aromatic rings. The summed E-state index contributed by atoms with van der Waals surface area (Å²) < 4.78 is 5.72. The number of alkyl carbamates (subject to hydrolysis) is 1. The molecule has 0 saturated heterocycles. The van der Waals surface area contributed by atoms with Gasteiger partial charge in [0.1, 0.15) is 6.61 Å². The van der Waals surface area contributed by atoms with Gasteiger partial charge < -0.3 is 20.1 Å². The molecule has 35 heavy (non-hydrogen) atoms. The summed E-state index contributed by atoms with van der Waals surface area (Å²) in [5.41, 5.74) is 4.67. The molecule has 0 radical (unpaired) electrons. The Morgan fingerprint density at radius 2 is 1.60 bits per heavy atom. The minimum absolute atomic E-state index is 0.0138. The molecular formula is C28H34N2O5. The van der Waals surface area contributed by atoms with Crippen LogP contribution in [0.25, 0.3) is 11.1 Å². The van der Waals surface area contributed by atoms with Gasteiger partial charge in [-0.3, -0.25) is 9.59 Å². The van der Waals surface area contributed by atoms with Crippen LogP contribution in [-0.4, -0.2) is 54.2 Å². The van der Waals surface area contributed by atoms with Gasteiger partial charge in [-0.1, -0.05) is 67.8 Å². The van der Waals surface area contributed by atoms with Crippen molar-refractivity contribution in [3.8, 4) is 11.1 Å². The van der Waals surface area contributed by atoms with Crippen LogP contribution in [0.15, 0.2) is 48.5 Å². The summed E-state index contributed by atoms with van der Waals surface area (Å²) >= 11 is 0. The van der Waals surface area contributed by atoms with Crippen molar-refractivity contribution >= 4 is 18.0 Å². The first-order valence-corrected chi connectivity index (χ1v) is 12.5. The molecular weight excluding hydrogens is 444 g/mol. The molecule has 4 rings (SSSR count). The Kier molecular flexibility index (Phi) is 8.06. The van der Waals surface area contributed by atoms with E-state index in [-0.39, 0.29) is 36.8 Å². The number of benzene rings is 2. The van der Waals surface area contributed by atoms with E-state index >= 15 is 0 Å². The SMILES string of the molecule is CN(CCCC(=O)O)C(=O)[C@H]1CCCCC[C@H]1NC(=O)OCC1c2ccccc2-c2ccccc21. The van der Waals surface area contributed by atoms with E-state index in [0.717, 1.165) is 36.8 Å². The van der Waals surface area contributed by atoms with E-state index in [1.165, 1.54) is 11.1 Å². The molecule has 2 aromatic carbocycles. The van der Waals surface area contributed by atoms with E-state index in [0.29, 0.717) is 19.4 Å². The molecule has 0 spiro atoms. The first-order chi connectivity index (χ1) is 17.0. The number of amides is 2. The van der Waals surface area contributed by atoms with Crippen LogP contribution in [0.5, 0.6) is 0 Å². The number of carboxylic acids is 1. The summed E-state index contributed by atoms with van der Waals surface area (Å²) in [6.07, 6.45) is 4.28. The minimum Gasteiger partial charge on any atom is -0.481 e. The highest BCUT2D eigenvalue weighted by Gasteiger charge is 2.34. The quantitative estimate of drug-likeness (QED) is 0.532. The summed E-state index contributed by atoms with van der Waals surface area (Å²) in [6.45, 7) is 0.625. The Morgan fingerprint density at radius 1 is 0.971 bits per heavy atom. The number of fused-ring (bicyclic) bond motifs is 3. The Labute approximate surface area is 206 Å². The highest BCUT2D eigenvalue weighted by Crippen LogP contribution is 2.44. The lowest BCUT2D eigenvalue weighted by Crippen LogP contribution is -2.47. The van der Waals surface area contributed by atoms with Crippen LogP contribution < -0.4 is 5.32 Å². The molecule has 2 N–H and O–H groups in total. The predicted molar refractivity (Wildman–Crippen MR) is 133 cm³/mol. The number of carboxylic acid groups (broad SMARTS) is 1. The Morgan fingerprint density at radius 3 is 2.26 bits per heavy atom. The number of carbonyl (C=O) groups is 3.